The van der Waals surface area contributed by atoms with E-state index in [0.717, 1.165) is 44.7 Å². The summed E-state index contributed by atoms with van der Waals surface area (Å²) in [7, 11) is 0. The number of rotatable bonds is 2. The van der Waals surface area contributed by atoms with Gasteiger partial charge in [-0.3, -0.25) is 9.69 Å². The van der Waals surface area contributed by atoms with Crippen molar-refractivity contribution in [1.82, 2.24) is 9.80 Å². The van der Waals surface area contributed by atoms with E-state index in [1.807, 2.05) is 17.0 Å². The molecule has 1 aliphatic heterocycles. The number of nitrogens with zero attached hydrogens (tertiary/aromatic N) is 2. The summed E-state index contributed by atoms with van der Waals surface area (Å²) in [5, 5.41) is 9.41. The summed E-state index contributed by atoms with van der Waals surface area (Å²) in [6, 6.07) is 5.33. The molecule has 1 saturated heterocycles. The molecule has 1 aliphatic rings. The van der Waals surface area contributed by atoms with E-state index in [4.69, 9.17) is 5.73 Å². The predicted octanol–water partition coefficient (Wildman–Crippen LogP) is 1.03. The maximum atomic E-state index is 11.4. The molecular weight excluding hydrogens is 242 g/mol. The molecule has 1 amide bonds. The number of nitrogens with two attached hydrogens (primary N) is 1. The van der Waals surface area contributed by atoms with Gasteiger partial charge in [-0.1, -0.05) is 6.07 Å². The molecule has 104 valence electrons. The van der Waals surface area contributed by atoms with Crippen molar-refractivity contribution in [2.24, 2.45) is 0 Å². The first kappa shape index (κ1) is 13.7. The normalized spacial score (nSPS) is 17.2. The summed E-state index contributed by atoms with van der Waals surface area (Å²) in [6.45, 7) is 5.89. The summed E-state index contributed by atoms with van der Waals surface area (Å²) in [5.74, 6) is 0.276. The minimum atomic E-state index is 0.127. The molecule has 19 heavy (non-hydrogen) atoms. The van der Waals surface area contributed by atoms with Crippen LogP contribution in [-0.2, 0) is 11.3 Å². The highest BCUT2D eigenvalue weighted by Gasteiger charge is 2.16. The molecule has 5 heteroatoms. The number of hydrogen-bond acceptors (Lipinski definition) is 4. The number of nitrogen functional groups attached to an aromatic ring is 1. The van der Waals surface area contributed by atoms with E-state index in [1.165, 1.54) is 0 Å². The van der Waals surface area contributed by atoms with Gasteiger partial charge in [0.25, 0.3) is 0 Å². The molecule has 0 bridgehead atoms. The van der Waals surface area contributed by atoms with Crippen LogP contribution in [0.5, 0.6) is 5.75 Å². The standard InChI is InChI=1S/C14H21N3O2/c1-11(18)17-6-2-5-16(7-8-17)10-12-3-4-14(19)13(15)9-12/h3-4,9,19H,2,5-8,10,15H2,1H3. The van der Waals surface area contributed by atoms with Gasteiger partial charge in [-0.2, -0.15) is 0 Å². The minimum Gasteiger partial charge on any atom is -0.506 e. The van der Waals surface area contributed by atoms with Crippen LogP contribution >= 0.6 is 0 Å². The van der Waals surface area contributed by atoms with Gasteiger partial charge in [-0.05, 0) is 24.1 Å². The van der Waals surface area contributed by atoms with Crippen molar-refractivity contribution in [3.63, 3.8) is 0 Å². The number of carbonyl (C=O) groups is 1. The molecular formula is C14H21N3O2. The highest BCUT2D eigenvalue weighted by Crippen LogP contribution is 2.21. The molecule has 0 spiro atoms. The zero-order valence-corrected chi connectivity index (χ0v) is 11.3. The van der Waals surface area contributed by atoms with Gasteiger partial charge >= 0.3 is 0 Å². The first-order valence-corrected chi connectivity index (χ1v) is 6.61. The molecule has 1 aromatic carbocycles. The fourth-order valence-electron chi connectivity index (χ4n) is 2.40. The molecule has 0 atom stereocenters. The Labute approximate surface area is 113 Å². The SMILES string of the molecule is CC(=O)N1CCCN(Cc2ccc(O)c(N)c2)CC1. The quantitative estimate of drug-likeness (QED) is 0.617. The number of aromatic hydroxyl groups is 1. The molecule has 0 aromatic heterocycles. The molecule has 0 radical (unpaired) electrons. The summed E-state index contributed by atoms with van der Waals surface area (Å²) < 4.78 is 0. The maximum absolute atomic E-state index is 11.4. The maximum Gasteiger partial charge on any atom is 0.219 e. The molecule has 0 unspecified atom stereocenters. The van der Waals surface area contributed by atoms with Crippen molar-refractivity contribution in [3.8, 4) is 5.75 Å². The Morgan fingerprint density at radius 3 is 2.79 bits per heavy atom. The Morgan fingerprint density at radius 2 is 2.11 bits per heavy atom. The van der Waals surface area contributed by atoms with E-state index in [-0.39, 0.29) is 11.7 Å². The summed E-state index contributed by atoms with van der Waals surface area (Å²) in [6.07, 6.45) is 0.993. The van der Waals surface area contributed by atoms with E-state index < -0.39 is 0 Å². The van der Waals surface area contributed by atoms with Crippen molar-refractivity contribution in [3.05, 3.63) is 23.8 Å². The summed E-state index contributed by atoms with van der Waals surface area (Å²) in [5.41, 5.74) is 7.20. The molecule has 1 heterocycles. The number of amides is 1. The van der Waals surface area contributed by atoms with Crippen molar-refractivity contribution < 1.29 is 9.90 Å². The van der Waals surface area contributed by atoms with Gasteiger partial charge in [0, 0.05) is 39.6 Å². The number of phenolic OH excluding ortho intramolecular Hbond substituents is 1. The third kappa shape index (κ3) is 3.61. The Hall–Kier alpha value is -1.75. The van der Waals surface area contributed by atoms with Crippen LogP contribution in [0.3, 0.4) is 0 Å². The number of anilines is 1. The molecule has 3 N–H and O–H groups in total. The second-order valence-corrected chi connectivity index (χ2v) is 5.03. The van der Waals surface area contributed by atoms with Gasteiger partial charge < -0.3 is 15.7 Å². The number of hydrogen-bond donors (Lipinski definition) is 2. The highest BCUT2D eigenvalue weighted by atomic mass is 16.3. The minimum absolute atomic E-state index is 0.127. The topological polar surface area (TPSA) is 69.8 Å². The second kappa shape index (κ2) is 5.93. The smallest absolute Gasteiger partial charge is 0.219 e. The fraction of sp³-hybridized carbons (Fsp3) is 0.500. The van der Waals surface area contributed by atoms with Gasteiger partial charge in [0.05, 0.1) is 5.69 Å². The molecule has 1 fully saturated rings. The highest BCUT2D eigenvalue weighted by molar-refractivity contribution is 5.73. The van der Waals surface area contributed by atoms with Crippen LogP contribution in [0.15, 0.2) is 18.2 Å². The van der Waals surface area contributed by atoms with E-state index in [0.29, 0.717) is 5.69 Å². The molecule has 0 aliphatic carbocycles. The first-order valence-electron chi connectivity index (χ1n) is 6.61. The zero-order valence-electron chi connectivity index (χ0n) is 11.3. The van der Waals surface area contributed by atoms with Gasteiger partial charge in [-0.25, -0.2) is 0 Å². The predicted molar refractivity (Wildman–Crippen MR) is 74.7 cm³/mol. The number of phenols is 1. The monoisotopic (exact) mass is 263 g/mol. The Balaban J connectivity index is 1.95. The molecule has 1 aromatic rings. The van der Waals surface area contributed by atoms with E-state index in [2.05, 4.69) is 4.90 Å². The molecule has 0 saturated carbocycles. The van der Waals surface area contributed by atoms with Crippen LogP contribution in [0.1, 0.15) is 18.9 Å². The van der Waals surface area contributed by atoms with Crippen LogP contribution in [0.2, 0.25) is 0 Å². The van der Waals surface area contributed by atoms with Crippen LogP contribution in [0.4, 0.5) is 5.69 Å². The largest absolute Gasteiger partial charge is 0.506 e. The summed E-state index contributed by atoms with van der Waals surface area (Å²) >= 11 is 0. The average molecular weight is 263 g/mol. The van der Waals surface area contributed by atoms with Crippen LogP contribution in [0.25, 0.3) is 0 Å². The van der Waals surface area contributed by atoms with E-state index in [1.54, 1.807) is 13.0 Å². The van der Waals surface area contributed by atoms with Crippen molar-refractivity contribution in [1.29, 1.82) is 0 Å². The second-order valence-electron chi connectivity index (χ2n) is 5.03. The molecule has 5 nitrogen and oxygen atoms in total. The third-order valence-corrected chi connectivity index (χ3v) is 3.53. The third-order valence-electron chi connectivity index (χ3n) is 3.53. The van der Waals surface area contributed by atoms with Crippen molar-refractivity contribution in [2.75, 3.05) is 31.9 Å². The lowest BCUT2D eigenvalue weighted by Gasteiger charge is -2.21. The van der Waals surface area contributed by atoms with Gasteiger partial charge in [-0.15, -0.1) is 0 Å². The van der Waals surface area contributed by atoms with Crippen LogP contribution < -0.4 is 5.73 Å². The fourth-order valence-corrected chi connectivity index (χ4v) is 2.40. The van der Waals surface area contributed by atoms with Crippen molar-refractivity contribution in [2.45, 2.75) is 19.9 Å². The van der Waals surface area contributed by atoms with E-state index in [9.17, 15) is 9.90 Å². The van der Waals surface area contributed by atoms with Crippen LogP contribution in [-0.4, -0.2) is 47.0 Å². The Kier molecular flexibility index (Phi) is 4.27. The summed E-state index contributed by atoms with van der Waals surface area (Å²) in [4.78, 5) is 15.6. The Bertz CT molecular complexity index is 462. The van der Waals surface area contributed by atoms with Gasteiger partial charge in [0.2, 0.25) is 5.91 Å². The van der Waals surface area contributed by atoms with E-state index >= 15 is 0 Å². The zero-order chi connectivity index (χ0) is 13.8. The lowest BCUT2D eigenvalue weighted by Crippen LogP contribution is -2.33. The lowest BCUT2D eigenvalue weighted by atomic mass is 10.1. The van der Waals surface area contributed by atoms with Crippen LogP contribution in [0, 0.1) is 0 Å². The molecule has 2 rings (SSSR count). The first-order chi connectivity index (χ1) is 9.06. The van der Waals surface area contributed by atoms with Gasteiger partial charge in [0.1, 0.15) is 5.75 Å². The number of carbonyl (C=O) groups excluding carboxylic acids is 1. The van der Waals surface area contributed by atoms with Gasteiger partial charge in [0.15, 0.2) is 0 Å². The lowest BCUT2D eigenvalue weighted by molar-refractivity contribution is -0.128. The Morgan fingerprint density at radius 1 is 1.32 bits per heavy atom. The number of benzene rings is 1. The van der Waals surface area contributed by atoms with Crippen molar-refractivity contribution >= 4 is 11.6 Å². The average Bonchev–Trinajstić information content (AvgIpc) is 2.59.